The van der Waals surface area contributed by atoms with Crippen molar-refractivity contribution in [2.45, 2.75) is 73.1 Å². The minimum absolute atomic E-state index is 0.160. The van der Waals surface area contributed by atoms with Crippen molar-refractivity contribution in [1.29, 1.82) is 0 Å². The van der Waals surface area contributed by atoms with Gasteiger partial charge in [0.05, 0.1) is 0 Å². The Balaban J connectivity index is 1.53. The summed E-state index contributed by atoms with van der Waals surface area (Å²) in [7, 11) is 0. The normalized spacial score (nSPS) is 17.6. The number of pyridine rings is 2. The molecule has 0 saturated carbocycles. The largest absolute Gasteiger partial charge is 0.351 e. The predicted molar refractivity (Wildman–Crippen MR) is 162 cm³/mol. The molecule has 1 fully saturated rings. The minimum Gasteiger partial charge on any atom is -0.351 e. The summed E-state index contributed by atoms with van der Waals surface area (Å²) in [6.45, 7) is 16.5. The first-order valence-corrected chi connectivity index (χ1v) is 14.1. The molecule has 4 heterocycles. The van der Waals surface area contributed by atoms with Crippen molar-refractivity contribution in [2.75, 3.05) is 18.0 Å². The number of anilines is 1. The molecule has 1 aliphatic rings. The molecule has 40 heavy (non-hydrogen) atoms. The van der Waals surface area contributed by atoms with Crippen LogP contribution in [0, 0.1) is 20.8 Å². The fourth-order valence-electron chi connectivity index (χ4n) is 5.79. The first-order chi connectivity index (χ1) is 19.0. The van der Waals surface area contributed by atoms with E-state index in [0.717, 1.165) is 57.8 Å². The average Bonchev–Trinajstić information content (AvgIpc) is 3.25. The van der Waals surface area contributed by atoms with E-state index in [1.165, 1.54) is 0 Å². The summed E-state index contributed by atoms with van der Waals surface area (Å²) in [6.07, 6.45) is 4.02. The lowest BCUT2D eigenvalue weighted by molar-refractivity contribution is 0.0952. The van der Waals surface area contributed by atoms with E-state index in [1.54, 1.807) is 0 Å². The lowest BCUT2D eigenvalue weighted by atomic mass is 9.98. The van der Waals surface area contributed by atoms with Crippen LogP contribution in [-0.2, 0) is 6.54 Å². The van der Waals surface area contributed by atoms with Gasteiger partial charge in [-0.05, 0) is 95.5 Å². The van der Waals surface area contributed by atoms with Crippen LogP contribution in [0.15, 0.2) is 47.5 Å². The summed E-state index contributed by atoms with van der Waals surface area (Å²) in [6, 6.07) is 11.2. The van der Waals surface area contributed by atoms with Crippen molar-refractivity contribution in [1.82, 2.24) is 25.2 Å². The molecular weight excluding hydrogens is 500 g/mol. The monoisotopic (exact) mass is 540 g/mol. The van der Waals surface area contributed by atoms with Crippen LogP contribution in [-0.4, -0.2) is 45.6 Å². The SMILES string of the molecule is Cc1cc(C)c(CNC(=O)c2cc(-c3ccc(N4CC(C)NCC4C)nc3)cc3c2c(C)cn3C(C)C)c(=O)[nH]1. The van der Waals surface area contributed by atoms with Gasteiger partial charge in [0.15, 0.2) is 0 Å². The van der Waals surface area contributed by atoms with Gasteiger partial charge in [-0.2, -0.15) is 0 Å². The molecule has 8 nitrogen and oxygen atoms in total. The number of hydrogen-bond acceptors (Lipinski definition) is 5. The number of carbonyl (C=O) groups is 1. The summed E-state index contributed by atoms with van der Waals surface area (Å²) < 4.78 is 2.21. The Kier molecular flexibility index (Phi) is 7.55. The van der Waals surface area contributed by atoms with Crippen LogP contribution in [0.1, 0.15) is 66.5 Å². The molecule has 0 aliphatic carbocycles. The highest BCUT2D eigenvalue weighted by atomic mass is 16.1. The molecule has 4 aromatic rings. The number of piperazine rings is 1. The number of benzene rings is 1. The van der Waals surface area contributed by atoms with Crippen LogP contribution >= 0.6 is 0 Å². The van der Waals surface area contributed by atoms with E-state index in [0.29, 0.717) is 23.2 Å². The van der Waals surface area contributed by atoms with Gasteiger partial charge in [-0.25, -0.2) is 4.98 Å². The van der Waals surface area contributed by atoms with Crippen LogP contribution in [0.4, 0.5) is 5.82 Å². The second-order valence-corrected chi connectivity index (χ2v) is 11.6. The number of aromatic nitrogens is 3. The molecule has 210 valence electrons. The zero-order valence-electron chi connectivity index (χ0n) is 24.6. The number of fused-ring (bicyclic) bond motifs is 1. The van der Waals surface area contributed by atoms with Gasteiger partial charge in [0, 0.05) is 83.4 Å². The third-order valence-electron chi connectivity index (χ3n) is 7.98. The van der Waals surface area contributed by atoms with Crippen LogP contribution in [0.5, 0.6) is 0 Å². The van der Waals surface area contributed by atoms with Crippen molar-refractivity contribution in [3.8, 4) is 11.1 Å². The van der Waals surface area contributed by atoms with E-state index >= 15 is 0 Å². The number of carbonyl (C=O) groups excluding carboxylic acids is 1. The topological polar surface area (TPSA) is 95.1 Å². The average molecular weight is 541 g/mol. The van der Waals surface area contributed by atoms with E-state index in [4.69, 9.17) is 4.98 Å². The van der Waals surface area contributed by atoms with Gasteiger partial charge < -0.3 is 25.1 Å². The lowest BCUT2D eigenvalue weighted by Crippen LogP contribution is -2.54. The molecule has 8 heteroatoms. The van der Waals surface area contributed by atoms with E-state index in [2.05, 4.69) is 77.2 Å². The number of nitrogens with zero attached hydrogens (tertiary/aromatic N) is 3. The molecule has 0 bridgehead atoms. The Morgan fingerprint density at radius 3 is 2.55 bits per heavy atom. The Bertz CT molecular complexity index is 1620. The molecule has 0 spiro atoms. The summed E-state index contributed by atoms with van der Waals surface area (Å²) in [5.74, 6) is 0.757. The molecular formula is C32H40N6O2. The third-order valence-corrected chi connectivity index (χ3v) is 7.98. The number of aryl methyl sites for hydroxylation is 3. The maximum Gasteiger partial charge on any atom is 0.253 e. The van der Waals surface area contributed by atoms with Gasteiger partial charge in [-0.1, -0.05) is 0 Å². The quantitative estimate of drug-likeness (QED) is 0.319. The molecule has 0 radical (unpaired) electrons. The molecule has 1 saturated heterocycles. The second-order valence-electron chi connectivity index (χ2n) is 11.6. The highest BCUT2D eigenvalue weighted by molar-refractivity contribution is 6.09. The van der Waals surface area contributed by atoms with E-state index in [9.17, 15) is 9.59 Å². The zero-order chi connectivity index (χ0) is 28.7. The zero-order valence-corrected chi connectivity index (χ0v) is 24.6. The van der Waals surface area contributed by atoms with Gasteiger partial charge >= 0.3 is 0 Å². The van der Waals surface area contributed by atoms with Crippen molar-refractivity contribution in [3.05, 3.63) is 81.0 Å². The van der Waals surface area contributed by atoms with Crippen LogP contribution in [0.3, 0.4) is 0 Å². The second kappa shape index (κ2) is 10.9. The van der Waals surface area contributed by atoms with Crippen LogP contribution in [0.2, 0.25) is 0 Å². The Labute approximate surface area is 235 Å². The Morgan fingerprint density at radius 1 is 1.10 bits per heavy atom. The molecule has 1 aliphatic heterocycles. The molecule has 3 aromatic heterocycles. The van der Waals surface area contributed by atoms with Gasteiger partial charge in [0.25, 0.3) is 11.5 Å². The van der Waals surface area contributed by atoms with E-state index < -0.39 is 0 Å². The van der Waals surface area contributed by atoms with E-state index in [-0.39, 0.29) is 24.1 Å². The van der Waals surface area contributed by atoms with Gasteiger partial charge in [0.2, 0.25) is 0 Å². The first kappa shape index (κ1) is 27.6. The standard InChI is InChI=1S/C32H40N6O2/c1-18(2)37-16-20(4)30-26(31(39)35-15-27-19(3)10-21(5)36-32(27)40)11-25(12-28(30)37)24-8-9-29(34-14-24)38-17-22(6)33-13-23(38)7/h8-12,14,16,18,22-23,33H,13,15,17H2,1-7H3,(H,35,39)(H,36,40). The maximum absolute atomic E-state index is 13.7. The Hall–Kier alpha value is -3.91. The fourth-order valence-corrected chi connectivity index (χ4v) is 5.79. The number of amides is 1. The maximum atomic E-state index is 13.7. The van der Waals surface area contributed by atoms with Gasteiger partial charge in [-0.3, -0.25) is 9.59 Å². The highest BCUT2D eigenvalue weighted by Crippen LogP contribution is 2.33. The number of H-pyrrole nitrogens is 1. The summed E-state index contributed by atoms with van der Waals surface area (Å²) in [4.78, 5) is 36.3. The lowest BCUT2D eigenvalue weighted by Gasteiger charge is -2.38. The molecule has 2 unspecified atom stereocenters. The number of rotatable bonds is 6. The number of hydrogen-bond donors (Lipinski definition) is 3. The molecule has 1 aromatic carbocycles. The van der Waals surface area contributed by atoms with Crippen LogP contribution in [0.25, 0.3) is 22.0 Å². The first-order valence-electron chi connectivity index (χ1n) is 14.1. The molecule has 1 amide bonds. The van der Waals surface area contributed by atoms with Crippen molar-refractivity contribution < 1.29 is 4.79 Å². The summed E-state index contributed by atoms with van der Waals surface area (Å²) in [5, 5.41) is 7.47. The van der Waals surface area contributed by atoms with Crippen molar-refractivity contribution in [3.63, 3.8) is 0 Å². The Morgan fingerprint density at radius 2 is 1.88 bits per heavy atom. The molecule has 3 N–H and O–H groups in total. The summed E-state index contributed by atoms with van der Waals surface area (Å²) >= 11 is 0. The smallest absolute Gasteiger partial charge is 0.253 e. The van der Waals surface area contributed by atoms with Gasteiger partial charge in [-0.15, -0.1) is 0 Å². The third kappa shape index (κ3) is 5.28. The molecule has 2 atom stereocenters. The number of aromatic amines is 1. The van der Waals surface area contributed by atoms with E-state index in [1.807, 2.05) is 39.1 Å². The molecule has 5 rings (SSSR count). The van der Waals surface area contributed by atoms with Crippen molar-refractivity contribution in [2.24, 2.45) is 0 Å². The highest BCUT2D eigenvalue weighted by Gasteiger charge is 2.24. The number of nitrogens with one attached hydrogen (secondary N) is 3. The minimum atomic E-state index is -0.205. The van der Waals surface area contributed by atoms with Crippen LogP contribution < -0.4 is 21.1 Å². The predicted octanol–water partition coefficient (Wildman–Crippen LogP) is 5.01. The van der Waals surface area contributed by atoms with Crippen molar-refractivity contribution >= 4 is 22.6 Å². The fraction of sp³-hybridized carbons (Fsp3) is 0.406. The summed E-state index contributed by atoms with van der Waals surface area (Å²) in [5.41, 5.74) is 6.60. The van der Waals surface area contributed by atoms with Gasteiger partial charge in [0.1, 0.15) is 5.82 Å².